The normalized spacial score (nSPS) is 11.9. The van der Waals surface area contributed by atoms with Crippen molar-refractivity contribution in [2.75, 3.05) is 0 Å². The van der Waals surface area contributed by atoms with E-state index in [4.69, 9.17) is 5.14 Å². The third-order valence-electron chi connectivity index (χ3n) is 2.42. The first-order chi connectivity index (χ1) is 7.95. The Balaban J connectivity index is 2.60. The van der Waals surface area contributed by atoms with Crippen LogP contribution in [-0.4, -0.2) is 23.2 Å². The Kier molecular flexibility index (Phi) is 3.02. The molecule has 8 heteroatoms. The molecule has 0 unspecified atom stereocenters. The molecule has 17 heavy (non-hydrogen) atoms. The molecule has 2 heterocycles. The Bertz CT molecular complexity index is 642. The van der Waals surface area contributed by atoms with E-state index in [1.807, 2.05) is 18.4 Å². The second kappa shape index (κ2) is 4.21. The number of sulfonamides is 1. The van der Waals surface area contributed by atoms with Gasteiger partial charge in [-0.25, -0.2) is 13.6 Å². The average molecular weight is 272 g/mol. The van der Waals surface area contributed by atoms with Gasteiger partial charge in [-0.3, -0.25) is 4.57 Å². The van der Waals surface area contributed by atoms with Gasteiger partial charge in [0.25, 0.3) is 15.2 Å². The van der Waals surface area contributed by atoms with E-state index < -0.39 is 10.0 Å². The number of nitrogens with zero attached hydrogens (tertiary/aromatic N) is 3. The van der Waals surface area contributed by atoms with Crippen molar-refractivity contribution in [1.29, 1.82) is 0 Å². The Morgan fingerprint density at radius 2 is 2.18 bits per heavy atom. The molecule has 0 spiro atoms. The van der Waals surface area contributed by atoms with Gasteiger partial charge in [0, 0.05) is 7.05 Å². The Labute approximate surface area is 103 Å². The smallest absolute Gasteiger partial charge is 0.273 e. The molecule has 0 atom stereocenters. The fourth-order valence-corrected chi connectivity index (χ4v) is 3.21. The Morgan fingerprint density at radius 3 is 2.71 bits per heavy atom. The molecule has 2 N–H and O–H groups in total. The van der Waals surface area contributed by atoms with Gasteiger partial charge in [-0.2, -0.15) is 0 Å². The highest BCUT2D eigenvalue weighted by Crippen LogP contribution is 2.28. The molecule has 6 nitrogen and oxygen atoms in total. The van der Waals surface area contributed by atoms with Crippen LogP contribution in [0.15, 0.2) is 16.6 Å². The van der Waals surface area contributed by atoms with E-state index in [-0.39, 0.29) is 5.16 Å². The maximum absolute atomic E-state index is 11.2. The molecule has 2 aromatic rings. The van der Waals surface area contributed by atoms with Crippen LogP contribution in [0.1, 0.15) is 12.5 Å². The molecule has 0 radical (unpaired) electrons. The van der Waals surface area contributed by atoms with Gasteiger partial charge >= 0.3 is 0 Å². The van der Waals surface area contributed by atoms with Crippen LogP contribution in [0.3, 0.4) is 0 Å². The fourth-order valence-electron chi connectivity index (χ4n) is 1.57. The first-order valence-corrected chi connectivity index (χ1v) is 7.36. The molecule has 2 aromatic heterocycles. The van der Waals surface area contributed by atoms with Crippen LogP contribution in [0.4, 0.5) is 0 Å². The van der Waals surface area contributed by atoms with Gasteiger partial charge in [-0.15, -0.1) is 21.5 Å². The molecule has 2 rings (SSSR count). The van der Waals surface area contributed by atoms with Gasteiger partial charge in [0.15, 0.2) is 5.82 Å². The molecule has 0 aliphatic carbocycles. The molecular formula is C9H12N4O2S2. The summed E-state index contributed by atoms with van der Waals surface area (Å²) in [5, 5.41) is 14.3. The quantitative estimate of drug-likeness (QED) is 0.892. The summed E-state index contributed by atoms with van der Waals surface area (Å²) in [5.74, 6) is 0.529. The van der Waals surface area contributed by atoms with E-state index in [1.165, 1.54) is 15.9 Å². The summed E-state index contributed by atoms with van der Waals surface area (Å²) < 4.78 is 23.9. The zero-order valence-corrected chi connectivity index (χ0v) is 11.0. The molecule has 0 saturated carbocycles. The summed E-state index contributed by atoms with van der Waals surface area (Å²) in [6, 6.07) is 1.99. The van der Waals surface area contributed by atoms with E-state index in [0.717, 1.165) is 16.9 Å². The number of aromatic nitrogens is 3. The molecule has 92 valence electrons. The molecule has 0 fully saturated rings. The Morgan fingerprint density at radius 1 is 1.47 bits per heavy atom. The summed E-state index contributed by atoms with van der Waals surface area (Å²) in [6.45, 7) is 2.03. The third-order valence-corrected chi connectivity index (χ3v) is 4.24. The highest BCUT2D eigenvalue weighted by Gasteiger charge is 2.21. The first-order valence-electron chi connectivity index (χ1n) is 4.94. The molecular weight excluding hydrogens is 260 g/mol. The van der Waals surface area contributed by atoms with Crippen LogP contribution in [0.2, 0.25) is 0 Å². The van der Waals surface area contributed by atoms with Gasteiger partial charge in [0.05, 0.1) is 4.88 Å². The number of hydrogen-bond donors (Lipinski definition) is 1. The van der Waals surface area contributed by atoms with Gasteiger partial charge < -0.3 is 0 Å². The standard InChI is InChI=1S/C9H12N4O2S2/c1-3-6-4-5-16-7(6)8-11-12-9(13(8)2)17(10,14)15/h4-5H,3H2,1-2H3,(H2,10,14,15). The van der Waals surface area contributed by atoms with E-state index in [9.17, 15) is 8.42 Å². The molecule has 0 aliphatic rings. The minimum Gasteiger partial charge on any atom is -0.299 e. The second-order valence-corrected chi connectivity index (χ2v) is 5.91. The van der Waals surface area contributed by atoms with Crippen molar-refractivity contribution in [3.8, 4) is 10.7 Å². The van der Waals surface area contributed by atoms with Crippen LogP contribution in [-0.2, 0) is 23.5 Å². The maximum atomic E-state index is 11.2. The largest absolute Gasteiger partial charge is 0.299 e. The van der Waals surface area contributed by atoms with Gasteiger partial charge in [0.1, 0.15) is 0 Å². The topological polar surface area (TPSA) is 90.9 Å². The van der Waals surface area contributed by atoms with Gasteiger partial charge in [-0.1, -0.05) is 6.92 Å². The number of rotatable bonds is 3. The molecule has 0 amide bonds. The zero-order valence-electron chi connectivity index (χ0n) is 9.41. The van der Waals surface area contributed by atoms with Crippen molar-refractivity contribution in [1.82, 2.24) is 14.8 Å². The van der Waals surface area contributed by atoms with Crippen molar-refractivity contribution in [3.05, 3.63) is 17.0 Å². The van der Waals surface area contributed by atoms with Gasteiger partial charge in [-0.05, 0) is 23.4 Å². The monoisotopic (exact) mass is 272 g/mol. The lowest BCUT2D eigenvalue weighted by Crippen LogP contribution is -2.17. The van der Waals surface area contributed by atoms with Crippen molar-refractivity contribution in [3.63, 3.8) is 0 Å². The zero-order chi connectivity index (χ0) is 12.6. The number of hydrogen-bond acceptors (Lipinski definition) is 5. The van der Waals surface area contributed by atoms with E-state index in [0.29, 0.717) is 5.82 Å². The highest BCUT2D eigenvalue weighted by molar-refractivity contribution is 7.89. The van der Waals surface area contributed by atoms with Crippen LogP contribution in [0.25, 0.3) is 10.7 Å². The minimum atomic E-state index is -3.83. The van der Waals surface area contributed by atoms with E-state index in [1.54, 1.807) is 7.05 Å². The SMILES string of the molecule is CCc1ccsc1-c1nnc(S(N)(=O)=O)n1C. The van der Waals surface area contributed by atoms with Crippen LogP contribution < -0.4 is 5.14 Å². The maximum Gasteiger partial charge on any atom is 0.273 e. The third kappa shape index (κ3) is 2.11. The lowest BCUT2D eigenvalue weighted by molar-refractivity contribution is 0.580. The summed E-state index contributed by atoms with van der Waals surface area (Å²) in [7, 11) is -2.24. The van der Waals surface area contributed by atoms with Crippen LogP contribution in [0, 0.1) is 0 Å². The van der Waals surface area contributed by atoms with Crippen molar-refractivity contribution in [2.24, 2.45) is 12.2 Å². The molecule has 0 saturated heterocycles. The predicted molar refractivity (Wildman–Crippen MR) is 65.1 cm³/mol. The summed E-state index contributed by atoms with van der Waals surface area (Å²) >= 11 is 1.51. The highest BCUT2D eigenvalue weighted by atomic mass is 32.2. The fraction of sp³-hybridized carbons (Fsp3) is 0.333. The van der Waals surface area contributed by atoms with E-state index >= 15 is 0 Å². The second-order valence-electron chi connectivity index (χ2n) is 3.54. The number of thiophene rings is 1. The summed E-state index contributed by atoms with van der Waals surface area (Å²) in [6.07, 6.45) is 0.858. The van der Waals surface area contributed by atoms with Crippen LogP contribution >= 0.6 is 11.3 Å². The average Bonchev–Trinajstić information content (AvgIpc) is 2.81. The lowest BCUT2D eigenvalue weighted by atomic mass is 10.2. The van der Waals surface area contributed by atoms with Gasteiger partial charge in [0.2, 0.25) is 0 Å². The molecule has 0 bridgehead atoms. The van der Waals surface area contributed by atoms with Crippen molar-refractivity contribution in [2.45, 2.75) is 18.5 Å². The summed E-state index contributed by atoms with van der Waals surface area (Å²) in [5.41, 5.74) is 1.12. The minimum absolute atomic E-state index is 0.219. The number of nitrogens with two attached hydrogens (primary N) is 1. The summed E-state index contributed by atoms with van der Waals surface area (Å²) in [4.78, 5) is 0.928. The van der Waals surface area contributed by atoms with Crippen LogP contribution in [0.5, 0.6) is 0 Å². The molecule has 0 aliphatic heterocycles. The number of aryl methyl sites for hydroxylation is 1. The van der Waals surface area contributed by atoms with Crippen molar-refractivity contribution < 1.29 is 8.42 Å². The predicted octanol–water partition coefficient (Wildman–Crippen LogP) is 0.753. The molecule has 0 aromatic carbocycles. The number of primary sulfonamides is 1. The van der Waals surface area contributed by atoms with Crippen molar-refractivity contribution >= 4 is 21.4 Å². The van der Waals surface area contributed by atoms with E-state index in [2.05, 4.69) is 10.2 Å². The lowest BCUT2D eigenvalue weighted by Gasteiger charge is -2.02. The first kappa shape index (κ1) is 12.2. The Hall–Kier alpha value is -1.25.